The van der Waals surface area contributed by atoms with Crippen LogP contribution >= 0.6 is 24.0 Å². The highest BCUT2D eigenvalue weighted by Gasteiger charge is 2.41. The smallest absolute Gasteiger partial charge is 0.230 e. The van der Waals surface area contributed by atoms with Crippen molar-refractivity contribution < 1.29 is 9.53 Å². The van der Waals surface area contributed by atoms with Gasteiger partial charge in [-0.1, -0.05) is 25.0 Å². The molecule has 0 aliphatic heterocycles. The van der Waals surface area contributed by atoms with Crippen LogP contribution in [0.3, 0.4) is 0 Å². The lowest BCUT2D eigenvalue weighted by Crippen LogP contribution is -2.43. The Kier molecular flexibility index (Phi) is 10.6. The van der Waals surface area contributed by atoms with Crippen molar-refractivity contribution in [2.24, 2.45) is 10.4 Å². The molecule has 1 aromatic carbocycles. The maximum Gasteiger partial charge on any atom is 0.230 e. The van der Waals surface area contributed by atoms with Crippen molar-refractivity contribution in [1.82, 2.24) is 15.5 Å². The topological polar surface area (TPSA) is 66.0 Å². The highest BCUT2D eigenvalue weighted by molar-refractivity contribution is 14.0. The molecule has 1 aliphatic carbocycles. The van der Waals surface area contributed by atoms with Gasteiger partial charge in [0.1, 0.15) is 12.4 Å². The maximum atomic E-state index is 12.7. The number of benzene rings is 1. The van der Waals surface area contributed by atoms with Crippen LogP contribution in [0.5, 0.6) is 5.75 Å². The summed E-state index contributed by atoms with van der Waals surface area (Å²) in [5.41, 5.74) is 0.840. The van der Waals surface area contributed by atoms with E-state index in [4.69, 9.17) is 9.73 Å². The van der Waals surface area contributed by atoms with Gasteiger partial charge in [0.25, 0.3) is 0 Å². The van der Waals surface area contributed by atoms with E-state index in [1.807, 2.05) is 39.2 Å². The van der Waals surface area contributed by atoms with E-state index < -0.39 is 0 Å². The van der Waals surface area contributed by atoms with E-state index in [1.165, 1.54) is 5.56 Å². The molecular formula is C21H35IN4O2. The lowest BCUT2D eigenvalue weighted by Gasteiger charge is -2.29. The Balaban J connectivity index is 0.00000392. The van der Waals surface area contributed by atoms with Gasteiger partial charge in [0.05, 0.1) is 18.5 Å². The van der Waals surface area contributed by atoms with Crippen molar-refractivity contribution in [3.8, 4) is 5.75 Å². The average molecular weight is 502 g/mol. The van der Waals surface area contributed by atoms with E-state index in [-0.39, 0.29) is 35.3 Å². The molecule has 0 heterocycles. The van der Waals surface area contributed by atoms with E-state index in [9.17, 15) is 4.79 Å². The molecule has 0 bridgehead atoms. The molecule has 6 nitrogen and oxygen atoms in total. The fourth-order valence-corrected chi connectivity index (χ4v) is 3.58. The summed E-state index contributed by atoms with van der Waals surface area (Å²) >= 11 is 0. The first kappa shape index (κ1) is 24.5. The number of aliphatic imine (C=N–C) groups is 1. The third kappa shape index (κ3) is 7.14. The number of hydrogen-bond donors (Lipinski definition) is 2. The molecule has 0 aromatic heterocycles. The highest BCUT2D eigenvalue weighted by atomic mass is 127. The summed E-state index contributed by atoms with van der Waals surface area (Å²) in [7, 11) is 3.66. The summed E-state index contributed by atoms with van der Waals surface area (Å²) in [5, 5.41) is 6.56. The fourth-order valence-electron chi connectivity index (χ4n) is 3.58. The van der Waals surface area contributed by atoms with Crippen molar-refractivity contribution in [2.75, 3.05) is 40.3 Å². The van der Waals surface area contributed by atoms with Gasteiger partial charge in [0.2, 0.25) is 5.91 Å². The van der Waals surface area contributed by atoms with Gasteiger partial charge in [-0.3, -0.25) is 9.79 Å². The molecule has 0 atom stereocenters. The van der Waals surface area contributed by atoms with Gasteiger partial charge >= 0.3 is 0 Å². The number of amides is 1. The van der Waals surface area contributed by atoms with Crippen LogP contribution in [0, 0.1) is 12.3 Å². The van der Waals surface area contributed by atoms with Gasteiger partial charge in [-0.15, -0.1) is 24.0 Å². The number of ether oxygens (including phenoxy) is 1. The standard InChI is InChI=1S/C21H34N4O2.HI/c1-5-22-20(23-13-14-27-18-10-8-9-17(2)15-18)24-16-21(11-6-7-12-21)19(26)25(3)4;/h8-10,15H,5-7,11-14,16H2,1-4H3,(H2,22,23,24);1H. The van der Waals surface area contributed by atoms with Crippen molar-refractivity contribution in [3.05, 3.63) is 29.8 Å². The second kappa shape index (κ2) is 12.1. The van der Waals surface area contributed by atoms with Crippen LogP contribution in [0.1, 0.15) is 38.2 Å². The summed E-state index contributed by atoms with van der Waals surface area (Å²) in [4.78, 5) is 19.1. The molecule has 0 saturated heterocycles. The lowest BCUT2D eigenvalue weighted by atomic mass is 9.85. The average Bonchev–Trinajstić information content (AvgIpc) is 3.12. The summed E-state index contributed by atoms with van der Waals surface area (Å²) in [6.45, 7) is 6.59. The maximum absolute atomic E-state index is 12.7. The molecule has 0 spiro atoms. The summed E-state index contributed by atoms with van der Waals surface area (Å²) in [6.07, 6.45) is 4.04. The van der Waals surface area contributed by atoms with Crippen LogP contribution in [-0.4, -0.2) is 57.1 Å². The van der Waals surface area contributed by atoms with E-state index in [1.54, 1.807) is 4.90 Å². The van der Waals surface area contributed by atoms with E-state index in [0.717, 1.165) is 43.9 Å². The largest absolute Gasteiger partial charge is 0.492 e. The Morgan fingerprint density at radius 3 is 2.57 bits per heavy atom. The molecule has 1 aliphatic rings. The molecule has 2 rings (SSSR count). The fraction of sp³-hybridized carbons (Fsp3) is 0.619. The highest BCUT2D eigenvalue weighted by Crippen LogP contribution is 2.39. The van der Waals surface area contributed by atoms with Crippen LogP contribution in [0.15, 0.2) is 29.3 Å². The molecular weight excluding hydrogens is 467 g/mol. The molecule has 1 fully saturated rings. The number of halogens is 1. The zero-order valence-electron chi connectivity index (χ0n) is 17.6. The van der Waals surface area contributed by atoms with Gasteiger partial charge in [0.15, 0.2) is 5.96 Å². The second-order valence-electron chi connectivity index (χ2n) is 7.47. The zero-order valence-corrected chi connectivity index (χ0v) is 19.9. The number of nitrogens with one attached hydrogen (secondary N) is 2. The molecule has 2 N–H and O–H groups in total. The monoisotopic (exact) mass is 502 g/mol. The third-order valence-electron chi connectivity index (χ3n) is 4.96. The first-order chi connectivity index (χ1) is 13.0. The molecule has 1 saturated carbocycles. The van der Waals surface area contributed by atoms with Crippen molar-refractivity contribution in [1.29, 1.82) is 0 Å². The molecule has 158 valence electrons. The molecule has 1 aromatic rings. The predicted molar refractivity (Wildman–Crippen MR) is 126 cm³/mol. The number of aryl methyl sites for hydroxylation is 1. The van der Waals surface area contributed by atoms with Gasteiger partial charge in [-0.05, 0) is 44.4 Å². The Labute approximate surface area is 186 Å². The van der Waals surface area contributed by atoms with Gasteiger partial charge < -0.3 is 20.3 Å². The van der Waals surface area contributed by atoms with Crippen LogP contribution in [0.2, 0.25) is 0 Å². The summed E-state index contributed by atoms with van der Waals surface area (Å²) in [6, 6.07) is 8.03. The van der Waals surface area contributed by atoms with Crippen LogP contribution in [0.4, 0.5) is 0 Å². The van der Waals surface area contributed by atoms with E-state index in [0.29, 0.717) is 19.7 Å². The van der Waals surface area contributed by atoms with E-state index >= 15 is 0 Å². The van der Waals surface area contributed by atoms with Crippen molar-refractivity contribution in [3.63, 3.8) is 0 Å². The van der Waals surface area contributed by atoms with Crippen LogP contribution < -0.4 is 15.4 Å². The minimum absolute atomic E-state index is 0. The predicted octanol–water partition coefficient (Wildman–Crippen LogP) is 3.20. The minimum atomic E-state index is -0.343. The number of nitrogens with zero attached hydrogens (tertiary/aromatic N) is 2. The second-order valence-corrected chi connectivity index (χ2v) is 7.47. The Hall–Kier alpha value is -1.51. The summed E-state index contributed by atoms with van der Waals surface area (Å²) in [5.74, 6) is 1.81. The molecule has 28 heavy (non-hydrogen) atoms. The molecule has 0 radical (unpaired) electrons. The minimum Gasteiger partial charge on any atom is -0.492 e. The number of hydrogen-bond acceptors (Lipinski definition) is 3. The Bertz CT molecular complexity index is 643. The third-order valence-corrected chi connectivity index (χ3v) is 4.96. The number of guanidine groups is 1. The van der Waals surface area contributed by atoms with E-state index in [2.05, 4.69) is 23.6 Å². The first-order valence-electron chi connectivity index (χ1n) is 9.90. The number of carbonyl (C=O) groups excluding carboxylic acids is 1. The molecule has 0 unspecified atom stereocenters. The quantitative estimate of drug-likeness (QED) is 0.248. The Morgan fingerprint density at radius 1 is 1.25 bits per heavy atom. The first-order valence-corrected chi connectivity index (χ1v) is 9.90. The molecule has 7 heteroatoms. The summed E-state index contributed by atoms with van der Waals surface area (Å²) < 4.78 is 5.78. The Morgan fingerprint density at radius 2 is 1.96 bits per heavy atom. The van der Waals surface area contributed by atoms with Gasteiger partial charge in [-0.2, -0.15) is 0 Å². The van der Waals surface area contributed by atoms with Crippen molar-refractivity contribution >= 4 is 35.8 Å². The zero-order chi connectivity index (χ0) is 19.7. The molecule has 1 amide bonds. The number of carbonyl (C=O) groups is 1. The van der Waals surface area contributed by atoms with Crippen molar-refractivity contribution in [2.45, 2.75) is 39.5 Å². The lowest BCUT2D eigenvalue weighted by molar-refractivity contribution is -0.138. The SMILES string of the molecule is CCNC(=NCC1(C(=O)N(C)C)CCCC1)NCCOc1cccc(C)c1.I. The van der Waals surface area contributed by atoms with Gasteiger partial charge in [-0.25, -0.2) is 0 Å². The normalized spacial score (nSPS) is 15.5. The van der Waals surface area contributed by atoms with Crippen LogP contribution in [-0.2, 0) is 4.79 Å². The van der Waals surface area contributed by atoms with Crippen LogP contribution in [0.25, 0.3) is 0 Å². The number of rotatable bonds is 8. The van der Waals surface area contributed by atoms with Gasteiger partial charge in [0, 0.05) is 20.6 Å².